The Labute approximate surface area is 135 Å². The van der Waals surface area contributed by atoms with Crippen LogP contribution in [0.2, 0.25) is 0 Å². The van der Waals surface area contributed by atoms with Crippen molar-refractivity contribution in [2.24, 2.45) is 0 Å². The van der Waals surface area contributed by atoms with Gasteiger partial charge in [-0.15, -0.1) is 0 Å². The monoisotopic (exact) mass is 327 g/mol. The number of nitrogens with zero attached hydrogens (tertiary/aromatic N) is 3. The van der Waals surface area contributed by atoms with Crippen LogP contribution < -0.4 is 5.32 Å². The van der Waals surface area contributed by atoms with Gasteiger partial charge in [0.1, 0.15) is 5.82 Å². The summed E-state index contributed by atoms with van der Waals surface area (Å²) in [6, 6.07) is 10.4. The van der Waals surface area contributed by atoms with E-state index < -0.39 is 15.5 Å². The maximum atomic E-state index is 11.5. The lowest BCUT2D eigenvalue weighted by Crippen LogP contribution is -2.06. The highest BCUT2D eigenvalue weighted by molar-refractivity contribution is 5.96. The van der Waals surface area contributed by atoms with Crippen molar-refractivity contribution in [1.82, 2.24) is 9.97 Å². The molecule has 3 rings (SSSR count). The number of imidazole rings is 1. The van der Waals surface area contributed by atoms with Crippen molar-refractivity contribution in [3.8, 4) is 0 Å². The number of aryl methyl sites for hydroxylation is 1. The third kappa shape index (κ3) is 2.74. The second-order valence-corrected chi connectivity index (χ2v) is 5.19. The van der Waals surface area contributed by atoms with E-state index in [9.17, 15) is 20.2 Å². The molecule has 0 bridgehead atoms. The van der Waals surface area contributed by atoms with E-state index in [0.29, 0.717) is 5.82 Å². The maximum absolute atomic E-state index is 11.5. The van der Waals surface area contributed by atoms with E-state index in [1.807, 2.05) is 30.3 Å². The highest BCUT2D eigenvalue weighted by Gasteiger charge is 2.30. The number of aromatic nitrogens is 2. The fourth-order valence-electron chi connectivity index (χ4n) is 2.53. The first kappa shape index (κ1) is 15.4. The Morgan fingerprint density at radius 3 is 2.50 bits per heavy atom. The molecule has 2 N–H and O–H groups in total. The Balaban J connectivity index is 2.15. The molecule has 24 heavy (non-hydrogen) atoms. The second kappa shape index (κ2) is 5.95. The van der Waals surface area contributed by atoms with Gasteiger partial charge in [0, 0.05) is 12.6 Å². The molecule has 1 heterocycles. The third-order valence-electron chi connectivity index (χ3n) is 3.54. The van der Waals surface area contributed by atoms with Gasteiger partial charge in [0.15, 0.2) is 11.2 Å². The molecule has 0 amide bonds. The number of fused-ring (bicyclic) bond motifs is 1. The van der Waals surface area contributed by atoms with E-state index in [1.165, 1.54) is 6.07 Å². The number of nitro groups is 2. The Morgan fingerprint density at radius 1 is 1.17 bits per heavy atom. The lowest BCUT2D eigenvalue weighted by Gasteiger charge is -2.08. The first-order valence-corrected chi connectivity index (χ1v) is 7.07. The van der Waals surface area contributed by atoms with E-state index in [-0.39, 0.29) is 29.0 Å². The van der Waals surface area contributed by atoms with Crippen molar-refractivity contribution in [1.29, 1.82) is 0 Å². The number of H-pyrrole nitrogens is 1. The smallest absolute Gasteiger partial charge is 0.327 e. The molecule has 0 aliphatic carbocycles. The van der Waals surface area contributed by atoms with Gasteiger partial charge in [0.25, 0.3) is 0 Å². The number of aromatic amines is 1. The lowest BCUT2D eigenvalue weighted by molar-refractivity contribution is -0.391. The summed E-state index contributed by atoms with van der Waals surface area (Å²) in [6.07, 6.45) is 0. The van der Waals surface area contributed by atoms with Crippen molar-refractivity contribution in [2.75, 3.05) is 5.32 Å². The molecule has 3 aromatic rings. The zero-order valence-electron chi connectivity index (χ0n) is 12.6. The van der Waals surface area contributed by atoms with Crippen LogP contribution in [-0.2, 0) is 6.54 Å². The highest BCUT2D eigenvalue weighted by Crippen LogP contribution is 2.40. The van der Waals surface area contributed by atoms with Crippen molar-refractivity contribution >= 4 is 28.1 Å². The third-order valence-corrected chi connectivity index (χ3v) is 3.54. The van der Waals surface area contributed by atoms with Gasteiger partial charge >= 0.3 is 11.4 Å². The molecule has 0 aliphatic rings. The minimum absolute atomic E-state index is 0.0960. The van der Waals surface area contributed by atoms with E-state index in [1.54, 1.807) is 6.92 Å². The SMILES string of the molecule is Cc1nc2c([N+](=O)[O-])c(NCc3ccccc3)c([N+](=O)[O-])cc2[nH]1. The molecule has 0 radical (unpaired) electrons. The topological polar surface area (TPSA) is 127 Å². The Kier molecular flexibility index (Phi) is 3.82. The van der Waals surface area contributed by atoms with Gasteiger partial charge in [0.05, 0.1) is 15.4 Å². The molecule has 0 atom stereocenters. The average molecular weight is 327 g/mol. The lowest BCUT2D eigenvalue weighted by atomic mass is 10.1. The fraction of sp³-hybridized carbons (Fsp3) is 0.133. The van der Waals surface area contributed by atoms with Gasteiger partial charge in [-0.25, -0.2) is 4.98 Å². The minimum Gasteiger partial charge on any atom is -0.370 e. The number of hydrogen-bond donors (Lipinski definition) is 2. The molecule has 0 saturated carbocycles. The second-order valence-electron chi connectivity index (χ2n) is 5.19. The molecule has 9 nitrogen and oxygen atoms in total. The van der Waals surface area contributed by atoms with Crippen LogP contribution in [-0.4, -0.2) is 19.8 Å². The summed E-state index contributed by atoms with van der Waals surface area (Å²) < 4.78 is 0. The summed E-state index contributed by atoms with van der Waals surface area (Å²) in [5, 5.41) is 25.7. The van der Waals surface area contributed by atoms with Crippen molar-refractivity contribution < 1.29 is 9.85 Å². The van der Waals surface area contributed by atoms with Crippen LogP contribution >= 0.6 is 0 Å². The van der Waals surface area contributed by atoms with E-state index >= 15 is 0 Å². The molecule has 0 unspecified atom stereocenters. The van der Waals surface area contributed by atoms with Crippen LogP contribution in [0.5, 0.6) is 0 Å². The number of anilines is 1. The molecular weight excluding hydrogens is 314 g/mol. The van der Waals surface area contributed by atoms with Gasteiger partial charge in [0.2, 0.25) is 0 Å². The standard InChI is InChI=1S/C15H13N5O4/c1-9-17-11-7-12(19(21)22)14(15(20(23)24)13(11)18-9)16-8-10-5-3-2-4-6-10/h2-7,16H,8H2,1H3,(H,17,18). The minimum atomic E-state index is -0.650. The molecule has 0 saturated heterocycles. The zero-order valence-corrected chi connectivity index (χ0v) is 12.6. The van der Waals surface area contributed by atoms with Crippen molar-refractivity contribution in [2.45, 2.75) is 13.5 Å². The van der Waals surface area contributed by atoms with Gasteiger partial charge in [-0.1, -0.05) is 30.3 Å². The van der Waals surface area contributed by atoms with Gasteiger partial charge in [-0.05, 0) is 12.5 Å². The summed E-state index contributed by atoms with van der Waals surface area (Å²) in [5.74, 6) is 0.447. The first-order chi connectivity index (χ1) is 11.5. The highest BCUT2D eigenvalue weighted by atomic mass is 16.6. The molecule has 0 spiro atoms. The van der Waals surface area contributed by atoms with E-state index in [2.05, 4.69) is 15.3 Å². The van der Waals surface area contributed by atoms with Crippen molar-refractivity contribution in [3.05, 3.63) is 68.0 Å². The molecule has 1 aromatic heterocycles. The molecular formula is C15H13N5O4. The molecule has 0 fully saturated rings. The predicted molar refractivity (Wildman–Crippen MR) is 87.9 cm³/mol. The number of nitro benzene ring substituents is 2. The van der Waals surface area contributed by atoms with Crippen LogP contribution in [0.15, 0.2) is 36.4 Å². The van der Waals surface area contributed by atoms with E-state index in [4.69, 9.17) is 0 Å². The molecule has 2 aromatic carbocycles. The largest absolute Gasteiger partial charge is 0.370 e. The van der Waals surface area contributed by atoms with Crippen LogP contribution in [0.3, 0.4) is 0 Å². The number of benzene rings is 2. The average Bonchev–Trinajstić information content (AvgIpc) is 2.91. The quantitative estimate of drug-likeness (QED) is 0.546. The zero-order chi connectivity index (χ0) is 17.3. The van der Waals surface area contributed by atoms with Crippen LogP contribution in [0.25, 0.3) is 11.0 Å². The summed E-state index contributed by atoms with van der Waals surface area (Å²) in [7, 11) is 0. The maximum Gasteiger partial charge on any atom is 0.327 e. The number of hydrogen-bond acceptors (Lipinski definition) is 6. The fourth-order valence-corrected chi connectivity index (χ4v) is 2.53. The summed E-state index contributed by atoms with van der Waals surface area (Å²) >= 11 is 0. The Bertz CT molecular complexity index is 936. The first-order valence-electron chi connectivity index (χ1n) is 7.07. The normalized spacial score (nSPS) is 10.7. The van der Waals surface area contributed by atoms with Crippen LogP contribution in [0.1, 0.15) is 11.4 Å². The van der Waals surface area contributed by atoms with Gasteiger partial charge in [-0.3, -0.25) is 20.2 Å². The predicted octanol–water partition coefficient (Wildman–Crippen LogP) is 3.30. The van der Waals surface area contributed by atoms with Crippen LogP contribution in [0, 0.1) is 27.2 Å². The molecule has 9 heteroatoms. The summed E-state index contributed by atoms with van der Waals surface area (Å²) in [6.45, 7) is 1.85. The van der Waals surface area contributed by atoms with Crippen LogP contribution in [0.4, 0.5) is 17.1 Å². The van der Waals surface area contributed by atoms with Crippen molar-refractivity contribution in [3.63, 3.8) is 0 Å². The number of nitrogens with one attached hydrogen (secondary N) is 2. The molecule has 122 valence electrons. The summed E-state index contributed by atoms with van der Waals surface area (Å²) in [5.41, 5.74) is 0.287. The van der Waals surface area contributed by atoms with Gasteiger partial charge in [-0.2, -0.15) is 0 Å². The Morgan fingerprint density at radius 2 is 1.88 bits per heavy atom. The molecule has 0 aliphatic heterocycles. The number of rotatable bonds is 5. The summed E-state index contributed by atoms with van der Waals surface area (Å²) in [4.78, 5) is 28.5. The van der Waals surface area contributed by atoms with E-state index in [0.717, 1.165) is 5.56 Å². The Hall–Kier alpha value is -3.49. The van der Waals surface area contributed by atoms with Gasteiger partial charge < -0.3 is 10.3 Å².